The summed E-state index contributed by atoms with van der Waals surface area (Å²) in [5, 5.41) is 7.41. The van der Waals surface area contributed by atoms with Crippen molar-refractivity contribution in [3.63, 3.8) is 0 Å². The van der Waals surface area contributed by atoms with Crippen molar-refractivity contribution >= 4 is 23.3 Å². The van der Waals surface area contributed by atoms with Crippen LogP contribution in [-0.4, -0.2) is 33.4 Å². The number of carbonyl (C=O) groups is 1. The number of rotatable bonds is 9. The minimum Gasteiger partial charge on any atom is -0.492 e. The first kappa shape index (κ1) is 24.0. The highest BCUT2D eigenvalue weighted by Crippen LogP contribution is 2.17. The van der Waals surface area contributed by atoms with Crippen LogP contribution < -0.4 is 21.3 Å². The van der Waals surface area contributed by atoms with Gasteiger partial charge in [-0.3, -0.25) is 14.3 Å². The summed E-state index contributed by atoms with van der Waals surface area (Å²) in [7, 11) is 0. The van der Waals surface area contributed by atoms with E-state index in [2.05, 4.69) is 10.4 Å². The molecule has 0 radical (unpaired) electrons. The fourth-order valence-corrected chi connectivity index (χ4v) is 3.64. The lowest BCUT2D eigenvalue weighted by molar-refractivity contribution is 0.0947. The van der Waals surface area contributed by atoms with Gasteiger partial charge in [-0.2, -0.15) is 5.10 Å². The number of carbonyl (C=O) groups excluding carboxylic acids is 1. The predicted molar refractivity (Wildman–Crippen MR) is 131 cm³/mol. The Hall–Kier alpha value is -4.11. The van der Waals surface area contributed by atoms with Crippen LogP contribution >= 0.6 is 11.6 Å². The maximum absolute atomic E-state index is 14.7. The van der Waals surface area contributed by atoms with Crippen LogP contribution in [0.25, 0.3) is 0 Å². The number of anilines is 1. The molecule has 180 valence electrons. The summed E-state index contributed by atoms with van der Waals surface area (Å²) < 4.78 is 23.2. The van der Waals surface area contributed by atoms with Gasteiger partial charge in [-0.1, -0.05) is 35.9 Å². The second kappa shape index (κ2) is 10.9. The Morgan fingerprint density at radius 3 is 2.74 bits per heavy atom. The second-order valence-corrected chi connectivity index (χ2v) is 8.22. The molecular formula is C25H23ClFN5O3. The van der Waals surface area contributed by atoms with E-state index in [4.69, 9.17) is 22.1 Å². The number of nitrogens with two attached hydrogens (primary N) is 1. The molecule has 1 amide bonds. The highest BCUT2D eigenvalue weighted by molar-refractivity contribution is 6.30. The minimum atomic E-state index is -0.440. The fraction of sp³-hybridized carbons (Fsp3) is 0.160. The van der Waals surface area contributed by atoms with Crippen LogP contribution in [0.4, 0.5) is 10.2 Å². The topological polar surface area (TPSA) is 104 Å². The Labute approximate surface area is 205 Å². The number of nitrogens with one attached hydrogen (secondary N) is 1. The molecule has 0 fully saturated rings. The van der Waals surface area contributed by atoms with Gasteiger partial charge in [0.1, 0.15) is 23.7 Å². The molecule has 0 unspecified atom stereocenters. The summed E-state index contributed by atoms with van der Waals surface area (Å²) in [5.41, 5.74) is 6.96. The van der Waals surface area contributed by atoms with Crippen LogP contribution in [0.15, 0.2) is 77.9 Å². The number of nitrogens with zero attached hydrogens (tertiary/aromatic N) is 3. The van der Waals surface area contributed by atoms with Gasteiger partial charge < -0.3 is 20.4 Å². The Bertz CT molecular complexity index is 1400. The van der Waals surface area contributed by atoms with E-state index < -0.39 is 11.7 Å². The summed E-state index contributed by atoms with van der Waals surface area (Å²) in [4.78, 5) is 24.4. The molecule has 0 spiro atoms. The number of hydrogen-bond acceptors (Lipinski definition) is 5. The normalized spacial score (nSPS) is 10.8. The third-order valence-corrected chi connectivity index (χ3v) is 5.42. The SMILES string of the molecule is Nc1nn(Cc2ccc(Cn3ccccc3=O)cc2F)cc1C(=O)NCCOc1cccc(Cl)c1. The minimum absolute atomic E-state index is 0.0405. The van der Waals surface area contributed by atoms with E-state index in [0.717, 1.165) is 0 Å². The van der Waals surface area contributed by atoms with Gasteiger partial charge in [0.2, 0.25) is 0 Å². The third kappa shape index (κ3) is 6.27. The van der Waals surface area contributed by atoms with Gasteiger partial charge in [-0.15, -0.1) is 0 Å². The Morgan fingerprint density at radius 1 is 1.11 bits per heavy atom. The number of hydrogen-bond donors (Lipinski definition) is 2. The molecule has 3 N–H and O–H groups in total. The van der Waals surface area contributed by atoms with Gasteiger partial charge in [0.25, 0.3) is 11.5 Å². The molecule has 0 aliphatic heterocycles. The van der Waals surface area contributed by atoms with E-state index in [1.54, 1.807) is 54.7 Å². The maximum atomic E-state index is 14.7. The summed E-state index contributed by atoms with van der Waals surface area (Å²) >= 11 is 5.91. The van der Waals surface area contributed by atoms with E-state index in [-0.39, 0.29) is 43.2 Å². The molecule has 0 aliphatic carbocycles. The number of amides is 1. The van der Waals surface area contributed by atoms with E-state index in [1.165, 1.54) is 27.6 Å². The summed E-state index contributed by atoms with van der Waals surface area (Å²) in [6.45, 7) is 0.840. The van der Waals surface area contributed by atoms with Crippen molar-refractivity contribution in [3.8, 4) is 5.75 Å². The third-order valence-electron chi connectivity index (χ3n) is 5.19. The van der Waals surface area contributed by atoms with Gasteiger partial charge in [-0.05, 0) is 35.9 Å². The maximum Gasteiger partial charge on any atom is 0.256 e. The average molecular weight is 496 g/mol. The number of pyridine rings is 1. The predicted octanol–water partition coefficient (Wildman–Crippen LogP) is 3.32. The standard InChI is InChI=1S/C25H23ClFN5O3/c26-19-4-3-5-20(13-19)35-11-9-29-25(34)21-16-32(30-24(21)28)15-18-8-7-17(12-22(18)27)14-31-10-2-1-6-23(31)33/h1-8,10,12-13,16H,9,11,14-15H2,(H2,28,30)(H,29,34). The van der Waals surface area contributed by atoms with E-state index in [0.29, 0.717) is 21.9 Å². The smallest absolute Gasteiger partial charge is 0.256 e. The Kier molecular flexibility index (Phi) is 7.47. The van der Waals surface area contributed by atoms with Gasteiger partial charge in [0.05, 0.1) is 19.6 Å². The van der Waals surface area contributed by atoms with Crippen molar-refractivity contribution in [1.82, 2.24) is 19.7 Å². The lowest BCUT2D eigenvalue weighted by Gasteiger charge is -2.08. The zero-order chi connectivity index (χ0) is 24.8. The average Bonchev–Trinajstić information content (AvgIpc) is 3.20. The molecule has 0 bridgehead atoms. The van der Waals surface area contributed by atoms with Crippen LogP contribution in [0.5, 0.6) is 5.75 Å². The summed E-state index contributed by atoms with van der Waals surface area (Å²) in [6, 6.07) is 16.6. The molecule has 8 nitrogen and oxygen atoms in total. The van der Waals surface area contributed by atoms with Crippen LogP contribution in [0.2, 0.25) is 5.02 Å². The van der Waals surface area contributed by atoms with Crippen molar-refractivity contribution in [2.75, 3.05) is 18.9 Å². The molecule has 2 aromatic heterocycles. The lowest BCUT2D eigenvalue weighted by Crippen LogP contribution is -2.28. The molecule has 10 heteroatoms. The van der Waals surface area contributed by atoms with E-state index in [1.807, 2.05) is 0 Å². The largest absolute Gasteiger partial charge is 0.492 e. The molecular weight excluding hydrogens is 473 g/mol. The molecule has 2 aromatic carbocycles. The Morgan fingerprint density at radius 2 is 1.97 bits per heavy atom. The van der Waals surface area contributed by atoms with Crippen LogP contribution in [0, 0.1) is 5.82 Å². The van der Waals surface area contributed by atoms with Crippen LogP contribution in [0.3, 0.4) is 0 Å². The zero-order valence-corrected chi connectivity index (χ0v) is 19.4. The van der Waals surface area contributed by atoms with Crippen LogP contribution in [-0.2, 0) is 13.1 Å². The first-order valence-corrected chi connectivity index (χ1v) is 11.2. The molecule has 4 aromatic rings. The lowest BCUT2D eigenvalue weighted by atomic mass is 10.1. The highest BCUT2D eigenvalue weighted by atomic mass is 35.5. The first-order valence-electron chi connectivity index (χ1n) is 10.8. The molecule has 0 saturated heterocycles. The molecule has 0 saturated carbocycles. The van der Waals surface area contributed by atoms with Gasteiger partial charge >= 0.3 is 0 Å². The van der Waals surface area contributed by atoms with Gasteiger partial charge in [-0.25, -0.2) is 4.39 Å². The molecule has 0 aliphatic rings. The quantitative estimate of drug-likeness (QED) is 0.347. The van der Waals surface area contributed by atoms with E-state index in [9.17, 15) is 14.0 Å². The molecule has 4 rings (SSSR count). The van der Waals surface area contributed by atoms with E-state index >= 15 is 0 Å². The molecule has 2 heterocycles. The number of aromatic nitrogens is 3. The van der Waals surface area contributed by atoms with Crippen LogP contribution in [0.1, 0.15) is 21.5 Å². The van der Waals surface area contributed by atoms with Crippen molar-refractivity contribution < 1.29 is 13.9 Å². The summed E-state index contributed by atoms with van der Waals surface area (Å²) in [6.07, 6.45) is 3.12. The van der Waals surface area contributed by atoms with Crippen molar-refractivity contribution in [3.05, 3.63) is 111 Å². The van der Waals surface area contributed by atoms with Crippen molar-refractivity contribution in [2.24, 2.45) is 0 Å². The van der Waals surface area contributed by atoms with Gasteiger partial charge in [0.15, 0.2) is 5.82 Å². The van der Waals surface area contributed by atoms with Gasteiger partial charge in [0, 0.05) is 29.0 Å². The second-order valence-electron chi connectivity index (χ2n) is 7.78. The molecule has 0 atom stereocenters. The first-order chi connectivity index (χ1) is 16.9. The highest BCUT2D eigenvalue weighted by Gasteiger charge is 2.15. The monoisotopic (exact) mass is 495 g/mol. The Balaban J connectivity index is 1.34. The number of ether oxygens (including phenoxy) is 1. The number of nitrogen functional groups attached to an aromatic ring is 1. The fourth-order valence-electron chi connectivity index (χ4n) is 3.46. The van der Waals surface area contributed by atoms with Crippen molar-refractivity contribution in [2.45, 2.75) is 13.1 Å². The number of benzene rings is 2. The van der Waals surface area contributed by atoms with Crippen molar-refractivity contribution in [1.29, 1.82) is 0 Å². The summed E-state index contributed by atoms with van der Waals surface area (Å²) in [5.74, 6) is -0.209. The number of halogens is 2. The molecule has 35 heavy (non-hydrogen) atoms. The zero-order valence-electron chi connectivity index (χ0n) is 18.7.